The van der Waals surface area contributed by atoms with Crippen LogP contribution < -0.4 is 0 Å². The van der Waals surface area contributed by atoms with Gasteiger partial charge in [-0.25, -0.2) is 0 Å². The fourth-order valence-electron chi connectivity index (χ4n) is 1.57. The average molecular weight is 283 g/mol. The van der Waals surface area contributed by atoms with Crippen molar-refractivity contribution in [3.63, 3.8) is 0 Å². The molecule has 20 heavy (non-hydrogen) atoms. The summed E-state index contributed by atoms with van der Waals surface area (Å²) in [5, 5.41) is 8.89. The highest BCUT2D eigenvalue weighted by Crippen LogP contribution is 2.29. The third kappa shape index (κ3) is 3.44. The van der Waals surface area contributed by atoms with E-state index in [1.165, 1.54) is 0 Å². The number of hydrogen-bond acceptors (Lipinski definition) is 3. The number of rotatable bonds is 4. The molecule has 0 amide bonds. The lowest BCUT2D eigenvalue weighted by molar-refractivity contribution is -0.137. The third-order valence-corrected chi connectivity index (χ3v) is 2.74. The number of Topliss-reactive ketones (excluding diaryl/α,β-unsaturated/α-hetero) is 2. The van der Waals surface area contributed by atoms with Crippen molar-refractivity contribution in [2.75, 3.05) is 0 Å². The Balaban J connectivity index is 3.04. The van der Waals surface area contributed by atoms with Gasteiger partial charge in [-0.2, -0.15) is 18.4 Å². The second kappa shape index (κ2) is 5.87. The zero-order valence-electron chi connectivity index (χ0n) is 10.9. The minimum atomic E-state index is -4.50. The standard InChI is InChI=1S/C14H12F3NO2/c1-8(2)12(19)11(7-18)13(20)9-3-5-10(6-4-9)14(15,16)17/h3-6,8,11H,1-2H3/t11-/m1/s1. The highest BCUT2D eigenvalue weighted by atomic mass is 19.4. The van der Waals surface area contributed by atoms with Crippen molar-refractivity contribution in [3.05, 3.63) is 35.4 Å². The van der Waals surface area contributed by atoms with Gasteiger partial charge in [0.05, 0.1) is 11.6 Å². The summed E-state index contributed by atoms with van der Waals surface area (Å²) < 4.78 is 37.2. The molecule has 0 bridgehead atoms. The van der Waals surface area contributed by atoms with Crippen molar-refractivity contribution in [2.24, 2.45) is 11.8 Å². The number of carbonyl (C=O) groups excluding carboxylic acids is 2. The zero-order chi connectivity index (χ0) is 15.5. The summed E-state index contributed by atoms with van der Waals surface area (Å²) in [5.74, 6) is -3.30. The van der Waals surface area contributed by atoms with Crippen molar-refractivity contribution in [1.29, 1.82) is 5.26 Å². The molecule has 0 N–H and O–H groups in total. The topological polar surface area (TPSA) is 57.9 Å². The van der Waals surface area contributed by atoms with Crippen molar-refractivity contribution in [3.8, 4) is 6.07 Å². The number of hydrogen-bond donors (Lipinski definition) is 0. The van der Waals surface area contributed by atoms with E-state index in [1.54, 1.807) is 19.9 Å². The van der Waals surface area contributed by atoms with Crippen LogP contribution in [-0.4, -0.2) is 11.6 Å². The molecule has 0 heterocycles. The van der Waals surface area contributed by atoms with E-state index >= 15 is 0 Å². The molecule has 1 aromatic carbocycles. The molecule has 6 heteroatoms. The Morgan fingerprint density at radius 2 is 1.65 bits per heavy atom. The van der Waals surface area contributed by atoms with Crippen molar-refractivity contribution in [1.82, 2.24) is 0 Å². The van der Waals surface area contributed by atoms with Gasteiger partial charge in [0.1, 0.15) is 0 Å². The molecule has 3 nitrogen and oxygen atoms in total. The van der Waals surface area contributed by atoms with Gasteiger partial charge < -0.3 is 0 Å². The first kappa shape index (κ1) is 15.9. The maximum absolute atomic E-state index is 12.4. The van der Waals surface area contributed by atoms with E-state index in [0.29, 0.717) is 0 Å². The minimum Gasteiger partial charge on any atom is -0.297 e. The monoisotopic (exact) mass is 283 g/mol. The van der Waals surface area contributed by atoms with Gasteiger partial charge in [-0.1, -0.05) is 26.0 Å². The van der Waals surface area contributed by atoms with Crippen molar-refractivity contribution >= 4 is 11.6 Å². The van der Waals surface area contributed by atoms with E-state index in [9.17, 15) is 22.8 Å². The molecule has 0 aliphatic rings. The Hall–Kier alpha value is -2.16. The molecule has 0 aromatic heterocycles. The van der Waals surface area contributed by atoms with Crippen LogP contribution in [0.4, 0.5) is 13.2 Å². The van der Waals surface area contributed by atoms with Crippen LogP contribution in [0.2, 0.25) is 0 Å². The third-order valence-electron chi connectivity index (χ3n) is 2.74. The van der Waals surface area contributed by atoms with E-state index in [2.05, 4.69) is 0 Å². The summed E-state index contributed by atoms with van der Waals surface area (Å²) in [6.45, 7) is 3.10. The molecular weight excluding hydrogens is 271 g/mol. The molecule has 1 rings (SSSR count). The number of carbonyl (C=O) groups is 2. The van der Waals surface area contributed by atoms with Crippen molar-refractivity contribution < 1.29 is 22.8 Å². The van der Waals surface area contributed by atoms with Gasteiger partial charge >= 0.3 is 6.18 Å². The van der Waals surface area contributed by atoms with Crippen LogP contribution in [0.1, 0.15) is 29.8 Å². The predicted molar refractivity (Wildman–Crippen MR) is 64.7 cm³/mol. The Morgan fingerprint density at radius 1 is 1.15 bits per heavy atom. The van der Waals surface area contributed by atoms with E-state index in [-0.39, 0.29) is 5.56 Å². The first-order valence-corrected chi connectivity index (χ1v) is 5.83. The average Bonchev–Trinajstić information content (AvgIpc) is 2.38. The van der Waals surface area contributed by atoms with Crippen LogP contribution in [0.15, 0.2) is 24.3 Å². The van der Waals surface area contributed by atoms with Crippen molar-refractivity contribution in [2.45, 2.75) is 20.0 Å². The molecule has 1 aromatic rings. The number of ketones is 2. The molecule has 1 atom stereocenters. The summed E-state index contributed by atoms with van der Waals surface area (Å²) in [6.07, 6.45) is -4.50. The second-order valence-corrected chi connectivity index (χ2v) is 4.56. The first-order chi connectivity index (χ1) is 9.18. The highest BCUT2D eigenvalue weighted by molar-refractivity contribution is 6.13. The number of halogens is 3. The van der Waals surface area contributed by atoms with Gasteiger partial charge in [0, 0.05) is 11.5 Å². The SMILES string of the molecule is CC(C)C(=O)[C@@H](C#N)C(=O)c1ccc(C(F)(F)F)cc1. The van der Waals surface area contributed by atoms with Gasteiger partial charge in [-0.05, 0) is 12.1 Å². The summed E-state index contributed by atoms with van der Waals surface area (Å²) >= 11 is 0. The first-order valence-electron chi connectivity index (χ1n) is 5.83. The number of nitrogens with zero attached hydrogens (tertiary/aromatic N) is 1. The van der Waals surface area contributed by atoms with E-state index in [1.807, 2.05) is 0 Å². The molecule has 0 saturated heterocycles. The molecule has 0 radical (unpaired) electrons. The van der Waals surface area contributed by atoms with E-state index in [4.69, 9.17) is 5.26 Å². The van der Waals surface area contributed by atoms with Gasteiger partial charge in [0.15, 0.2) is 17.5 Å². The van der Waals surface area contributed by atoms with E-state index in [0.717, 1.165) is 24.3 Å². The molecule has 0 fully saturated rings. The maximum atomic E-state index is 12.4. The normalized spacial score (nSPS) is 12.8. The maximum Gasteiger partial charge on any atom is 0.416 e. The highest BCUT2D eigenvalue weighted by Gasteiger charge is 2.32. The summed E-state index contributed by atoms with van der Waals surface area (Å²) in [6, 6.07) is 5.06. The lowest BCUT2D eigenvalue weighted by Crippen LogP contribution is -2.26. The molecule has 0 unspecified atom stereocenters. The van der Waals surface area contributed by atoms with Crippen LogP contribution in [0.5, 0.6) is 0 Å². The summed E-state index contributed by atoms with van der Waals surface area (Å²) in [7, 11) is 0. The minimum absolute atomic E-state index is 0.0847. The lowest BCUT2D eigenvalue weighted by Gasteiger charge is -2.11. The molecule has 0 spiro atoms. The van der Waals surface area contributed by atoms with Gasteiger partial charge in [-0.15, -0.1) is 0 Å². The lowest BCUT2D eigenvalue weighted by atomic mass is 9.89. The predicted octanol–water partition coefficient (Wildman–Crippen LogP) is 3.25. The molecule has 0 aliphatic carbocycles. The van der Waals surface area contributed by atoms with Gasteiger partial charge in [0.2, 0.25) is 0 Å². The Labute approximate surface area is 114 Å². The van der Waals surface area contributed by atoms with Crippen LogP contribution in [-0.2, 0) is 11.0 Å². The second-order valence-electron chi connectivity index (χ2n) is 4.56. The number of alkyl halides is 3. The number of benzene rings is 1. The molecular formula is C14H12F3NO2. The smallest absolute Gasteiger partial charge is 0.297 e. The summed E-state index contributed by atoms with van der Waals surface area (Å²) in [5.41, 5.74) is -0.976. The molecule has 106 valence electrons. The van der Waals surface area contributed by atoms with Gasteiger partial charge in [-0.3, -0.25) is 9.59 Å². The number of nitriles is 1. The molecule has 0 saturated carbocycles. The Bertz CT molecular complexity index is 553. The van der Waals surface area contributed by atoms with Crippen LogP contribution in [0, 0.1) is 23.2 Å². The molecule has 0 aliphatic heterocycles. The van der Waals surface area contributed by atoms with Crippen LogP contribution >= 0.6 is 0 Å². The van der Waals surface area contributed by atoms with Crippen LogP contribution in [0.3, 0.4) is 0 Å². The Morgan fingerprint density at radius 3 is 2.00 bits per heavy atom. The zero-order valence-corrected chi connectivity index (χ0v) is 10.9. The summed E-state index contributed by atoms with van der Waals surface area (Å²) in [4.78, 5) is 23.6. The van der Waals surface area contributed by atoms with Gasteiger partial charge in [0.25, 0.3) is 0 Å². The van der Waals surface area contributed by atoms with Crippen LogP contribution in [0.25, 0.3) is 0 Å². The fraction of sp³-hybridized carbons (Fsp3) is 0.357. The largest absolute Gasteiger partial charge is 0.416 e. The quantitative estimate of drug-likeness (QED) is 0.629. The van der Waals surface area contributed by atoms with E-state index < -0.39 is 35.1 Å². The fourth-order valence-corrected chi connectivity index (χ4v) is 1.57. The Kier molecular flexibility index (Phi) is 4.66.